The minimum atomic E-state index is -0.805. The van der Waals surface area contributed by atoms with Gasteiger partial charge in [-0.05, 0) is 30.7 Å². The van der Waals surface area contributed by atoms with E-state index in [1.165, 1.54) is 13.0 Å². The Morgan fingerprint density at radius 3 is 2.47 bits per heavy atom. The molecule has 2 aromatic carbocycles. The van der Waals surface area contributed by atoms with Gasteiger partial charge in [-0.2, -0.15) is 0 Å². The summed E-state index contributed by atoms with van der Waals surface area (Å²) in [5, 5.41) is 6.10. The van der Waals surface area contributed by atoms with Crippen LogP contribution in [0.2, 0.25) is 0 Å². The zero-order valence-corrected chi connectivity index (χ0v) is 16.7. The molecule has 1 atom stereocenters. The smallest absolute Gasteiger partial charge is 0.355 e. The maximum Gasteiger partial charge on any atom is 0.355 e. The van der Waals surface area contributed by atoms with Crippen molar-refractivity contribution in [3.63, 3.8) is 0 Å². The van der Waals surface area contributed by atoms with E-state index in [4.69, 9.17) is 9.15 Å². The lowest BCUT2D eigenvalue weighted by Crippen LogP contribution is -2.33. The molecule has 0 saturated heterocycles. The predicted octanol–water partition coefficient (Wildman–Crippen LogP) is 3.33. The number of benzene rings is 2. The van der Waals surface area contributed by atoms with E-state index in [1.54, 1.807) is 31.2 Å². The highest BCUT2D eigenvalue weighted by Gasteiger charge is 2.18. The van der Waals surface area contributed by atoms with Gasteiger partial charge >= 0.3 is 5.97 Å². The minimum Gasteiger partial charge on any atom is -0.459 e. The fourth-order valence-electron chi connectivity index (χ4n) is 2.83. The van der Waals surface area contributed by atoms with Gasteiger partial charge in [0.1, 0.15) is 17.0 Å². The van der Waals surface area contributed by atoms with Crippen molar-refractivity contribution in [3.8, 4) is 0 Å². The minimum absolute atomic E-state index is 0.0492. The summed E-state index contributed by atoms with van der Waals surface area (Å²) in [6.45, 7) is 2.57. The van der Waals surface area contributed by atoms with Crippen LogP contribution in [0.25, 0.3) is 17.0 Å². The normalized spacial score (nSPS) is 12.3. The van der Waals surface area contributed by atoms with E-state index in [0.29, 0.717) is 11.3 Å². The Labute approximate surface area is 173 Å². The third kappa shape index (κ3) is 5.57. The average molecular weight is 406 g/mol. The molecule has 2 amide bonds. The molecule has 1 aromatic heterocycles. The van der Waals surface area contributed by atoms with Crippen LogP contribution in [0.3, 0.4) is 0 Å². The number of rotatable bonds is 7. The third-order valence-corrected chi connectivity index (χ3v) is 4.22. The van der Waals surface area contributed by atoms with Gasteiger partial charge in [-0.3, -0.25) is 9.59 Å². The van der Waals surface area contributed by atoms with E-state index in [1.807, 2.05) is 36.4 Å². The molecule has 1 heterocycles. The van der Waals surface area contributed by atoms with E-state index in [-0.39, 0.29) is 5.70 Å². The lowest BCUT2D eigenvalue weighted by Gasteiger charge is -2.12. The first-order chi connectivity index (χ1) is 14.4. The Kier molecular flexibility index (Phi) is 6.64. The first kappa shape index (κ1) is 20.9. The van der Waals surface area contributed by atoms with Crippen LogP contribution < -0.4 is 10.6 Å². The fraction of sp³-hybridized carbons (Fsp3) is 0.174. The highest BCUT2D eigenvalue weighted by molar-refractivity contribution is 5.98. The van der Waals surface area contributed by atoms with Gasteiger partial charge in [0.25, 0.3) is 5.91 Å². The van der Waals surface area contributed by atoms with Crippen molar-refractivity contribution in [2.75, 3.05) is 6.61 Å². The molecule has 0 aliphatic heterocycles. The Hall–Kier alpha value is -3.87. The largest absolute Gasteiger partial charge is 0.459 e. The van der Waals surface area contributed by atoms with Gasteiger partial charge in [0.05, 0.1) is 6.04 Å². The van der Waals surface area contributed by atoms with Gasteiger partial charge in [-0.25, -0.2) is 4.79 Å². The number of nitrogens with one attached hydrogen (secondary N) is 2. The molecule has 3 rings (SSSR count). The van der Waals surface area contributed by atoms with Gasteiger partial charge in [-0.15, -0.1) is 0 Å². The Bertz CT molecular complexity index is 1050. The molecule has 0 aliphatic carbocycles. The number of fused-ring (bicyclic) bond motifs is 1. The molecular formula is C23H22N2O5. The Morgan fingerprint density at radius 1 is 1.07 bits per heavy atom. The number of carbonyl (C=O) groups excluding carboxylic acids is 3. The number of hydrogen-bond acceptors (Lipinski definition) is 5. The van der Waals surface area contributed by atoms with Gasteiger partial charge in [0.15, 0.2) is 6.61 Å². The molecule has 0 spiro atoms. The molecule has 0 bridgehead atoms. The van der Waals surface area contributed by atoms with Crippen LogP contribution in [0.4, 0.5) is 0 Å². The second-order valence-electron chi connectivity index (χ2n) is 6.70. The van der Waals surface area contributed by atoms with E-state index in [0.717, 1.165) is 11.0 Å². The monoisotopic (exact) mass is 406 g/mol. The number of carbonyl (C=O) groups is 3. The quantitative estimate of drug-likeness (QED) is 0.463. The SMILES string of the molecule is CC(=O)N/C(=C\c1ccccc1)C(=O)OCC(=O)N[C@H](C)c1cc2ccccc2o1. The van der Waals surface area contributed by atoms with Crippen molar-refractivity contribution >= 4 is 34.8 Å². The Balaban J connectivity index is 1.59. The molecule has 30 heavy (non-hydrogen) atoms. The summed E-state index contributed by atoms with van der Waals surface area (Å²) in [7, 11) is 0. The van der Waals surface area contributed by atoms with Crippen molar-refractivity contribution in [2.45, 2.75) is 19.9 Å². The van der Waals surface area contributed by atoms with Crippen LogP contribution in [0.5, 0.6) is 0 Å². The molecule has 0 unspecified atom stereocenters. The number of amides is 2. The van der Waals surface area contributed by atoms with Crippen molar-refractivity contribution in [3.05, 3.63) is 77.7 Å². The topological polar surface area (TPSA) is 97.6 Å². The number of ether oxygens (including phenoxy) is 1. The molecule has 0 aliphatic rings. The number of furan rings is 1. The van der Waals surface area contributed by atoms with Crippen LogP contribution in [0, 0.1) is 0 Å². The van der Waals surface area contributed by atoms with Crippen LogP contribution in [0.1, 0.15) is 31.2 Å². The Morgan fingerprint density at radius 2 is 1.77 bits per heavy atom. The molecule has 7 heteroatoms. The molecule has 0 saturated carbocycles. The molecule has 2 N–H and O–H groups in total. The first-order valence-corrected chi connectivity index (χ1v) is 9.41. The van der Waals surface area contributed by atoms with Gasteiger partial charge in [-0.1, -0.05) is 48.5 Å². The average Bonchev–Trinajstić information content (AvgIpc) is 3.16. The summed E-state index contributed by atoms with van der Waals surface area (Å²) in [6, 6.07) is 18.0. The second-order valence-corrected chi connectivity index (χ2v) is 6.70. The molecule has 7 nitrogen and oxygen atoms in total. The maximum absolute atomic E-state index is 12.4. The molecule has 154 valence electrons. The van der Waals surface area contributed by atoms with Gasteiger partial charge < -0.3 is 19.8 Å². The molecule has 0 fully saturated rings. The summed E-state index contributed by atoms with van der Waals surface area (Å²) in [5.74, 6) is -1.12. The zero-order chi connectivity index (χ0) is 21.5. The molecule has 3 aromatic rings. The van der Waals surface area contributed by atoms with Crippen LogP contribution in [-0.2, 0) is 19.1 Å². The van der Waals surface area contributed by atoms with Crippen molar-refractivity contribution in [1.82, 2.24) is 10.6 Å². The molecule has 0 radical (unpaired) electrons. The van der Waals surface area contributed by atoms with Crippen molar-refractivity contribution in [2.24, 2.45) is 0 Å². The van der Waals surface area contributed by atoms with Gasteiger partial charge in [0, 0.05) is 12.3 Å². The van der Waals surface area contributed by atoms with E-state index in [9.17, 15) is 14.4 Å². The summed E-state index contributed by atoms with van der Waals surface area (Å²) in [6.07, 6.45) is 1.48. The lowest BCUT2D eigenvalue weighted by molar-refractivity contribution is -0.145. The number of para-hydroxylation sites is 1. The highest BCUT2D eigenvalue weighted by atomic mass is 16.5. The third-order valence-electron chi connectivity index (χ3n) is 4.22. The zero-order valence-electron chi connectivity index (χ0n) is 16.7. The summed E-state index contributed by atoms with van der Waals surface area (Å²) >= 11 is 0. The first-order valence-electron chi connectivity index (χ1n) is 9.41. The van der Waals surface area contributed by atoms with Crippen LogP contribution >= 0.6 is 0 Å². The summed E-state index contributed by atoms with van der Waals surface area (Å²) < 4.78 is 10.8. The summed E-state index contributed by atoms with van der Waals surface area (Å²) in [5.41, 5.74) is 1.39. The van der Waals surface area contributed by atoms with Gasteiger partial charge in [0.2, 0.25) is 5.91 Å². The van der Waals surface area contributed by atoms with Crippen molar-refractivity contribution < 1.29 is 23.5 Å². The van der Waals surface area contributed by atoms with E-state index >= 15 is 0 Å². The van der Waals surface area contributed by atoms with Crippen molar-refractivity contribution in [1.29, 1.82) is 0 Å². The van der Waals surface area contributed by atoms with Crippen LogP contribution in [-0.4, -0.2) is 24.4 Å². The van der Waals surface area contributed by atoms with E-state index < -0.39 is 30.4 Å². The number of hydrogen-bond donors (Lipinski definition) is 2. The number of esters is 1. The summed E-state index contributed by atoms with van der Waals surface area (Å²) in [4.78, 5) is 36.0. The van der Waals surface area contributed by atoms with E-state index in [2.05, 4.69) is 10.6 Å². The van der Waals surface area contributed by atoms with Crippen LogP contribution in [0.15, 0.2) is 70.8 Å². The molecular weight excluding hydrogens is 384 g/mol. The lowest BCUT2D eigenvalue weighted by atomic mass is 10.2. The standard InChI is InChI=1S/C23H22N2O5/c1-15(21-13-18-10-6-7-11-20(18)30-21)24-22(27)14-29-23(28)19(25-16(2)26)12-17-8-4-3-5-9-17/h3-13,15H,14H2,1-2H3,(H,24,27)(H,25,26)/b19-12-/t15-/m1/s1. The second kappa shape index (κ2) is 9.56. The highest BCUT2D eigenvalue weighted by Crippen LogP contribution is 2.23. The maximum atomic E-state index is 12.4. The fourth-order valence-corrected chi connectivity index (χ4v) is 2.83. The predicted molar refractivity (Wildman–Crippen MR) is 112 cm³/mol.